The summed E-state index contributed by atoms with van der Waals surface area (Å²) in [6.07, 6.45) is 3.81. The molecule has 0 aliphatic rings. The smallest absolute Gasteiger partial charge is 0.155 e. The van der Waals surface area contributed by atoms with Gasteiger partial charge < -0.3 is 15.2 Å². The van der Waals surface area contributed by atoms with Gasteiger partial charge in [0.05, 0.1) is 25.5 Å². The van der Waals surface area contributed by atoms with E-state index in [-0.39, 0.29) is 6.61 Å². The van der Waals surface area contributed by atoms with Crippen LogP contribution in [0.25, 0.3) is 5.65 Å². The molecule has 2 aromatic heterocycles. The average Bonchev–Trinajstić information content (AvgIpc) is 2.73. The number of aliphatic hydroxyl groups is 1. The molecule has 2 heterocycles. The zero-order chi connectivity index (χ0) is 12.8. The standard InChI is InChI=1S/C12H18N4O2/c1-10-6-12-14-8-11(9-16(12)15-10)7-13-2-4-18-5-3-17/h6,8-9,13,17H,2-5,7H2,1H3. The summed E-state index contributed by atoms with van der Waals surface area (Å²) in [4.78, 5) is 4.33. The van der Waals surface area contributed by atoms with E-state index in [0.717, 1.165) is 30.0 Å². The van der Waals surface area contributed by atoms with Crippen molar-refractivity contribution < 1.29 is 9.84 Å². The van der Waals surface area contributed by atoms with Crippen LogP contribution in [0.2, 0.25) is 0 Å². The van der Waals surface area contributed by atoms with Crippen LogP contribution in [0.4, 0.5) is 0 Å². The lowest BCUT2D eigenvalue weighted by atomic mass is 10.3. The van der Waals surface area contributed by atoms with Crippen molar-refractivity contribution in [2.24, 2.45) is 0 Å². The first-order valence-corrected chi connectivity index (χ1v) is 6.00. The maximum atomic E-state index is 8.54. The number of nitrogens with one attached hydrogen (secondary N) is 1. The first kappa shape index (κ1) is 12.9. The Balaban J connectivity index is 1.80. The van der Waals surface area contributed by atoms with Crippen LogP contribution in [0.3, 0.4) is 0 Å². The van der Waals surface area contributed by atoms with Crippen molar-refractivity contribution in [2.45, 2.75) is 13.5 Å². The molecule has 0 radical (unpaired) electrons. The lowest BCUT2D eigenvalue weighted by molar-refractivity contribution is 0.0938. The summed E-state index contributed by atoms with van der Waals surface area (Å²) in [5.74, 6) is 0. The lowest BCUT2D eigenvalue weighted by Crippen LogP contribution is -2.20. The number of hydrogen-bond acceptors (Lipinski definition) is 5. The third-order valence-corrected chi connectivity index (χ3v) is 2.48. The molecule has 0 aliphatic carbocycles. The average molecular weight is 250 g/mol. The second kappa shape index (κ2) is 6.44. The molecule has 0 atom stereocenters. The minimum atomic E-state index is 0.0687. The maximum Gasteiger partial charge on any atom is 0.155 e. The van der Waals surface area contributed by atoms with Crippen LogP contribution in [0.5, 0.6) is 0 Å². The summed E-state index contributed by atoms with van der Waals surface area (Å²) in [5, 5.41) is 16.1. The summed E-state index contributed by atoms with van der Waals surface area (Å²) in [6, 6.07) is 1.94. The molecule has 0 bridgehead atoms. The molecule has 98 valence electrons. The van der Waals surface area contributed by atoms with Gasteiger partial charge in [0.15, 0.2) is 5.65 Å². The van der Waals surface area contributed by atoms with Crippen molar-refractivity contribution in [1.82, 2.24) is 19.9 Å². The van der Waals surface area contributed by atoms with Gasteiger partial charge in [-0.05, 0) is 6.92 Å². The Morgan fingerprint density at radius 1 is 1.44 bits per heavy atom. The minimum Gasteiger partial charge on any atom is -0.394 e. The number of aryl methyl sites for hydroxylation is 1. The molecule has 0 amide bonds. The van der Waals surface area contributed by atoms with E-state index < -0.39 is 0 Å². The predicted octanol–water partition coefficient (Wildman–Crippen LogP) is 0.136. The van der Waals surface area contributed by atoms with Gasteiger partial charge in [0, 0.05) is 37.1 Å². The Bertz CT molecular complexity index is 498. The van der Waals surface area contributed by atoms with E-state index in [1.807, 2.05) is 25.4 Å². The van der Waals surface area contributed by atoms with E-state index in [0.29, 0.717) is 13.2 Å². The Hall–Kier alpha value is -1.50. The molecule has 6 nitrogen and oxygen atoms in total. The Morgan fingerprint density at radius 3 is 3.17 bits per heavy atom. The topological polar surface area (TPSA) is 71.7 Å². The van der Waals surface area contributed by atoms with Gasteiger partial charge in [0.2, 0.25) is 0 Å². The molecule has 6 heteroatoms. The third-order valence-electron chi connectivity index (χ3n) is 2.48. The minimum absolute atomic E-state index is 0.0687. The molecule has 0 saturated carbocycles. The van der Waals surface area contributed by atoms with Crippen LogP contribution in [-0.2, 0) is 11.3 Å². The molecule has 0 saturated heterocycles. The molecular weight excluding hydrogens is 232 g/mol. The number of fused-ring (bicyclic) bond motifs is 1. The van der Waals surface area contributed by atoms with Gasteiger partial charge in [-0.2, -0.15) is 5.10 Å². The molecular formula is C12H18N4O2. The lowest BCUT2D eigenvalue weighted by Gasteiger charge is -2.05. The first-order valence-electron chi connectivity index (χ1n) is 6.00. The highest BCUT2D eigenvalue weighted by molar-refractivity contribution is 5.38. The van der Waals surface area contributed by atoms with Crippen LogP contribution < -0.4 is 5.32 Å². The molecule has 2 rings (SSSR count). The number of rotatable bonds is 7. The number of aromatic nitrogens is 3. The highest BCUT2D eigenvalue weighted by atomic mass is 16.5. The van der Waals surface area contributed by atoms with Gasteiger partial charge >= 0.3 is 0 Å². The Labute approximate surface area is 106 Å². The predicted molar refractivity (Wildman–Crippen MR) is 67.3 cm³/mol. The van der Waals surface area contributed by atoms with Gasteiger partial charge in [0.25, 0.3) is 0 Å². The van der Waals surface area contributed by atoms with Crippen molar-refractivity contribution in [3.63, 3.8) is 0 Å². The van der Waals surface area contributed by atoms with Gasteiger partial charge in [-0.3, -0.25) is 0 Å². The SMILES string of the molecule is Cc1cc2ncc(CNCCOCCO)cn2n1. The number of ether oxygens (including phenoxy) is 1. The fourth-order valence-electron chi connectivity index (χ4n) is 1.67. The molecule has 0 aromatic carbocycles. The summed E-state index contributed by atoms with van der Waals surface area (Å²) in [6.45, 7) is 4.48. The number of aliphatic hydroxyl groups excluding tert-OH is 1. The van der Waals surface area contributed by atoms with E-state index in [9.17, 15) is 0 Å². The number of hydrogen-bond donors (Lipinski definition) is 2. The monoisotopic (exact) mass is 250 g/mol. The van der Waals surface area contributed by atoms with E-state index >= 15 is 0 Å². The van der Waals surface area contributed by atoms with Gasteiger partial charge in [-0.25, -0.2) is 9.50 Å². The van der Waals surface area contributed by atoms with E-state index in [4.69, 9.17) is 9.84 Å². The van der Waals surface area contributed by atoms with E-state index in [1.165, 1.54) is 0 Å². The van der Waals surface area contributed by atoms with Crippen molar-refractivity contribution in [3.8, 4) is 0 Å². The quantitative estimate of drug-likeness (QED) is 0.684. The van der Waals surface area contributed by atoms with Crippen molar-refractivity contribution >= 4 is 5.65 Å². The summed E-state index contributed by atoms with van der Waals surface area (Å²) in [7, 11) is 0. The highest BCUT2D eigenvalue weighted by Gasteiger charge is 2.00. The second-order valence-corrected chi connectivity index (χ2v) is 4.06. The first-order chi connectivity index (χ1) is 8.79. The van der Waals surface area contributed by atoms with Gasteiger partial charge in [-0.1, -0.05) is 0 Å². The fraction of sp³-hybridized carbons (Fsp3) is 0.500. The highest BCUT2D eigenvalue weighted by Crippen LogP contribution is 2.04. The van der Waals surface area contributed by atoms with Crippen LogP contribution in [-0.4, -0.2) is 46.1 Å². The van der Waals surface area contributed by atoms with E-state index in [1.54, 1.807) is 4.52 Å². The van der Waals surface area contributed by atoms with Gasteiger partial charge in [0.1, 0.15) is 0 Å². The zero-order valence-electron chi connectivity index (χ0n) is 10.5. The van der Waals surface area contributed by atoms with Crippen LogP contribution >= 0.6 is 0 Å². The fourth-order valence-corrected chi connectivity index (χ4v) is 1.67. The third kappa shape index (κ3) is 3.49. The van der Waals surface area contributed by atoms with Crippen LogP contribution in [0.1, 0.15) is 11.3 Å². The normalized spacial score (nSPS) is 11.2. The van der Waals surface area contributed by atoms with Crippen molar-refractivity contribution in [3.05, 3.63) is 29.7 Å². The molecule has 18 heavy (non-hydrogen) atoms. The van der Waals surface area contributed by atoms with Gasteiger partial charge in [-0.15, -0.1) is 0 Å². The molecule has 0 fully saturated rings. The molecule has 2 N–H and O–H groups in total. The molecule has 0 unspecified atom stereocenters. The summed E-state index contributed by atoms with van der Waals surface area (Å²) in [5.41, 5.74) is 2.90. The molecule has 0 spiro atoms. The summed E-state index contributed by atoms with van der Waals surface area (Å²) >= 11 is 0. The van der Waals surface area contributed by atoms with E-state index in [2.05, 4.69) is 15.4 Å². The molecule has 2 aromatic rings. The maximum absolute atomic E-state index is 8.54. The zero-order valence-corrected chi connectivity index (χ0v) is 10.5. The largest absolute Gasteiger partial charge is 0.394 e. The number of nitrogens with zero attached hydrogens (tertiary/aromatic N) is 3. The Morgan fingerprint density at radius 2 is 2.33 bits per heavy atom. The van der Waals surface area contributed by atoms with Crippen LogP contribution in [0, 0.1) is 6.92 Å². The Kier molecular flexibility index (Phi) is 4.63. The van der Waals surface area contributed by atoms with Crippen molar-refractivity contribution in [1.29, 1.82) is 0 Å². The van der Waals surface area contributed by atoms with Crippen LogP contribution in [0.15, 0.2) is 18.5 Å². The molecule has 0 aliphatic heterocycles. The second-order valence-electron chi connectivity index (χ2n) is 4.06. The summed E-state index contributed by atoms with van der Waals surface area (Å²) < 4.78 is 6.93. The van der Waals surface area contributed by atoms with Crippen molar-refractivity contribution in [2.75, 3.05) is 26.4 Å².